The van der Waals surface area contributed by atoms with Crippen LogP contribution < -0.4 is 5.32 Å². The highest BCUT2D eigenvalue weighted by Crippen LogP contribution is 2.22. The van der Waals surface area contributed by atoms with Gasteiger partial charge in [0.1, 0.15) is 5.82 Å². The minimum absolute atomic E-state index is 0.167. The normalized spacial score (nSPS) is 20.6. The molecule has 2 atom stereocenters. The van der Waals surface area contributed by atoms with Crippen molar-refractivity contribution in [1.29, 1.82) is 0 Å². The Morgan fingerprint density at radius 1 is 1.28 bits per heavy atom. The number of benzene rings is 1. The molecule has 2 nitrogen and oxygen atoms in total. The summed E-state index contributed by atoms with van der Waals surface area (Å²) in [5, 5.41) is 3.57. The monoisotopic (exact) mass is 251 g/mol. The highest BCUT2D eigenvalue weighted by Gasteiger charge is 2.21. The van der Waals surface area contributed by atoms with Crippen LogP contribution in [0.4, 0.5) is 4.39 Å². The van der Waals surface area contributed by atoms with E-state index in [-0.39, 0.29) is 11.9 Å². The van der Waals surface area contributed by atoms with Crippen LogP contribution in [0.2, 0.25) is 0 Å². The maximum atomic E-state index is 13.2. The lowest BCUT2D eigenvalue weighted by Gasteiger charge is -2.30. The molecule has 1 fully saturated rings. The molecule has 2 rings (SSSR count). The highest BCUT2D eigenvalue weighted by atomic mass is 19.1. The molecule has 1 aromatic rings. The van der Waals surface area contributed by atoms with Crippen LogP contribution in [0, 0.1) is 11.7 Å². The van der Waals surface area contributed by atoms with Gasteiger partial charge >= 0.3 is 0 Å². The van der Waals surface area contributed by atoms with Crippen molar-refractivity contribution in [3.8, 4) is 0 Å². The number of halogens is 1. The average Bonchev–Trinajstić information content (AvgIpc) is 2.39. The summed E-state index contributed by atoms with van der Waals surface area (Å²) in [7, 11) is 0. The second-order valence-corrected chi connectivity index (χ2v) is 5.18. The van der Waals surface area contributed by atoms with E-state index in [0.29, 0.717) is 12.0 Å². The first-order valence-corrected chi connectivity index (χ1v) is 6.76. The first-order chi connectivity index (χ1) is 8.66. The maximum Gasteiger partial charge on any atom is 0.123 e. The smallest absolute Gasteiger partial charge is 0.123 e. The van der Waals surface area contributed by atoms with Crippen molar-refractivity contribution in [1.82, 2.24) is 5.32 Å². The largest absolute Gasteiger partial charge is 0.381 e. The number of nitrogens with one attached hydrogen (secondary N) is 1. The molecule has 0 bridgehead atoms. The van der Waals surface area contributed by atoms with Crippen molar-refractivity contribution in [2.75, 3.05) is 13.2 Å². The summed E-state index contributed by atoms with van der Waals surface area (Å²) in [5.41, 5.74) is 1.01. The zero-order valence-electron chi connectivity index (χ0n) is 11.2. The van der Waals surface area contributed by atoms with Crippen molar-refractivity contribution < 1.29 is 9.13 Å². The molecule has 2 unspecified atom stereocenters. The summed E-state index contributed by atoms with van der Waals surface area (Å²) in [6, 6.07) is 7.44. The Morgan fingerprint density at radius 2 is 2.00 bits per heavy atom. The minimum Gasteiger partial charge on any atom is -0.381 e. The second kappa shape index (κ2) is 6.30. The van der Waals surface area contributed by atoms with Crippen molar-refractivity contribution in [2.24, 2.45) is 5.92 Å². The molecule has 1 aromatic carbocycles. The molecule has 0 spiro atoms. The molecule has 0 radical (unpaired) electrons. The van der Waals surface area contributed by atoms with Gasteiger partial charge < -0.3 is 10.1 Å². The van der Waals surface area contributed by atoms with Crippen molar-refractivity contribution in [3.63, 3.8) is 0 Å². The van der Waals surface area contributed by atoms with Gasteiger partial charge in [-0.1, -0.05) is 12.1 Å². The van der Waals surface area contributed by atoms with Crippen LogP contribution in [-0.4, -0.2) is 19.3 Å². The van der Waals surface area contributed by atoms with E-state index in [2.05, 4.69) is 19.2 Å². The zero-order valence-corrected chi connectivity index (χ0v) is 11.2. The van der Waals surface area contributed by atoms with E-state index in [0.717, 1.165) is 31.6 Å². The molecule has 1 saturated heterocycles. The van der Waals surface area contributed by atoms with E-state index in [1.165, 1.54) is 6.07 Å². The fourth-order valence-electron chi connectivity index (χ4n) is 2.62. The van der Waals surface area contributed by atoms with Gasteiger partial charge in [0.25, 0.3) is 0 Å². The van der Waals surface area contributed by atoms with E-state index in [4.69, 9.17) is 4.74 Å². The standard InChI is InChI=1S/C15H22FNO/c1-11(13-6-8-18-9-7-13)17-12(2)14-4-3-5-15(16)10-14/h3-5,10-13,17H,6-9H2,1-2H3. The minimum atomic E-state index is -0.167. The van der Waals surface area contributed by atoms with Crippen LogP contribution >= 0.6 is 0 Å². The van der Waals surface area contributed by atoms with E-state index in [1.54, 1.807) is 12.1 Å². The van der Waals surface area contributed by atoms with Crippen LogP contribution in [0.3, 0.4) is 0 Å². The number of rotatable bonds is 4. The Balaban J connectivity index is 1.91. The third-order valence-corrected chi connectivity index (χ3v) is 3.83. The van der Waals surface area contributed by atoms with Crippen molar-refractivity contribution in [3.05, 3.63) is 35.6 Å². The molecular formula is C15H22FNO. The average molecular weight is 251 g/mol. The zero-order chi connectivity index (χ0) is 13.0. The fourth-order valence-corrected chi connectivity index (χ4v) is 2.62. The Bertz CT molecular complexity index is 377. The van der Waals surface area contributed by atoms with E-state index >= 15 is 0 Å². The lowest BCUT2D eigenvalue weighted by Crippen LogP contribution is -2.38. The third kappa shape index (κ3) is 3.53. The molecule has 3 heteroatoms. The molecule has 1 N–H and O–H groups in total. The first kappa shape index (κ1) is 13.5. The van der Waals surface area contributed by atoms with E-state index in [9.17, 15) is 4.39 Å². The topological polar surface area (TPSA) is 21.3 Å². The van der Waals surface area contributed by atoms with Crippen LogP contribution in [0.25, 0.3) is 0 Å². The predicted molar refractivity (Wildman–Crippen MR) is 71.0 cm³/mol. The summed E-state index contributed by atoms with van der Waals surface area (Å²) in [5.74, 6) is 0.495. The molecule has 0 aromatic heterocycles. The van der Waals surface area contributed by atoms with Gasteiger partial charge in [-0.3, -0.25) is 0 Å². The number of ether oxygens (including phenoxy) is 1. The summed E-state index contributed by atoms with van der Waals surface area (Å²) in [4.78, 5) is 0. The van der Waals surface area contributed by atoms with Gasteiger partial charge in [-0.2, -0.15) is 0 Å². The summed E-state index contributed by atoms with van der Waals surface area (Å²) in [6.45, 7) is 6.03. The van der Waals surface area contributed by atoms with Gasteiger partial charge in [-0.25, -0.2) is 4.39 Å². The lowest BCUT2D eigenvalue weighted by molar-refractivity contribution is 0.0547. The first-order valence-electron chi connectivity index (χ1n) is 6.76. The number of hydrogen-bond acceptors (Lipinski definition) is 2. The highest BCUT2D eigenvalue weighted by molar-refractivity contribution is 5.19. The quantitative estimate of drug-likeness (QED) is 0.886. The van der Waals surface area contributed by atoms with E-state index < -0.39 is 0 Å². The Labute approximate surface area is 109 Å². The van der Waals surface area contributed by atoms with Crippen LogP contribution in [0.15, 0.2) is 24.3 Å². The van der Waals surface area contributed by atoms with Crippen molar-refractivity contribution >= 4 is 0 Å². The molecule has 0 amide bonds. The molecule has 1 heterocycles. The van der Waals surface area contributed by atoms with Crippen molar-refractivity contribution in [2.45, 2.75) is 38.8 Å². The molecule has 18 heavy (non-hydrogen) atoms. The second-order valence-electron chi connectivity index (χ2n) is 5.18. The Kier molecular flexibility index (Phi) is 4.72. The van der Waals surface area contributed by atoms with Crippen LogP contribution in [-0.2, 0) is 4.74 Å². The molecule has 0 saturated carbocycles. The molecule has 100 valence electrons. The molecule has 1 aliphatic rings. The van der Waals surface area contributed by atoms with Crippen LogP contribution in [0.5, 0.6) is 0 Å². The van der Waals surface area contributed by atoms with Gasteiger partial charge in [0.2, 0.25) is 0 Å². The third-order valence-electron chi connectivity index (χ3n) is 3.83. The Hall–Kier alpha value is -0.930. The lowest BCUT2D eigenvalue weighted by atomic mass is 9.92. The van der Waals surface area contributed by atoms with E-state index in [1.807, 2.05) is 6.07 Å². The van der Waals surface area contributed by atoms with Gasteiger partial charge in [-0.15, -0.1) is 0 Å². The molecule has 1 aliphatic heterocycles. The Morgan fingerprint density at radius 3 is 2.67 bits per heavy atom. The predicted octanol–water partition coefficient (Wildman–Crippen LogP) is 3.29. The summed E-state index contributed by atoms with van der Waals surface area (Å²) in [6.07, 6.45) is 2.23. The van der Waals surface area contributed by atoms with Crippen LogP contribution in [0.1, 0.15) is 38.3 Å². The van der Waals surface area contributed by atoms with Gasteiger partial charge in [-0.05, 0) is 50.3 Å². The van der Waals surface area contributed by atoms with Gasteiger partial charge in [0.05, 0.1) is 0 Å². The molecular weight excluding hydrogens is 229 g/mol. The summed E-state index contributed by atoms with van der Waals surface area (Å²) < 4.78 is 18.6. The number of hydrogen-bond donors (Lipinski definition) is 1. The summed E-state index contributed by atoms with van der Waals surface area (Å²) >= 11 is 0. The van der Waals surface area contributed by atoms with Gasteiger partial charge in [0, 0.05) is 25.3 Å². The SMILES string of the molecule is CC(NC(C)C1CCOCC1)c1cccc(F)c1. The maximum absolute atomic E-state index is 13.2. The fraction of sp³-hybridized carbons (Fsp3) is 0.600. The molecule has 0 aliphatic carbocycles. The van der Waals surface area contributed by atoms with Gasteiger partial charge in [0.15, 0.2) is 0 Å².